The predicted molar refractivity (Wildman–Crippen MR) is 52.6 cm³/mol. The summed E-state index contributed by atoms with van der Waals surface area (Å²) in [4.78, 5) is 16.7. The molecule has 0 aromatic carbocycles. The SMILES string of the molecule is COC(=O)C1CSC2=CN=CCC21. The maximum atomic E-state index is 11.4. The Balaban J connectivity index is 2.14. The average Bonchev–Trinajstić information content (AvgIpc) is 2.60. The summed E-state index contributed by atoms with van der Waals surface area (Å²) >= 11 is 1.72. The Labute approximate surface area is 81.3 Å². The number of thioether (sulfide) groups is 1. The first-order valence-electron chi connectivity index (χ1n) is 4.25. The minimum atomic E-state index is -0.0869. The third kappa shape index (κ3) is 1.50. The molecule has 0 bridgehead atoms. The number of nitrogens with zero attached hydrogens (tertiary/aromatic N) is 1. The molecule has 0 aliphatic carbocycles. The van der Waals surface area contributed by atoms with Crippen molar-refractivity contribution < 1.29 is 9.53 Å². The van der Waals surface area contributed by atoms with Gasteiger partial charge in [-0.05, 0) is 6.42 Å². The van der Waals surface area contributed by atoms with E-state index >= 15 is 0 Å². The van der Waals surface area contributed by atoms with Gasteiger partial charge in [0.15, 0.2) is 0 Å². The van der Waals surface area contributed by atoms with Crippen LogP contribution in [0.1, 0.15) is 6.42 Å². The van der Waals surface area contributed by atoms with Gasteiger partial charge in [-0.3, -0.25) is 9.79 Å². The van der Waals surface area contributed by atoms with E-state index in [9.17, 15) is 4.79 Å². The minimum absolute atomic E-state index is 0.0352. The average molecular weight is 197 g/mol. The van der Waals surface area contributed by atoms with Gasteiger partial charge in [0.2, 0.25) is 0 Å². The number of allylic oxidation sites excluding steroid dienone is 1. The van der Waals surface area contributed by atoms with E-state index in [1.165, 1.54) is 12.0 Å². The highest BCUT2D eigenvalue weighted by Gasteiger charge is 2.38. The summed E-state index contributed by atoms with van der Waals surface area (Å²) < 4.78 is 4.76. The Kier molecular flexibility index (Phi) is 2.40. The van der Waals surface area contributed by atoms with Crippen LogP contribution >= 0.6 is 11.8 Å². The standard InChI is InChI=1S/C9H11NO2S/c1-12-9(11)7-5-13-8-4-10-3-2-6(7)8/h3-4,6-7H,2,5H2,1H3. The highest BCUT2D eigenvalue weighted by Crippen LogP contribution is 2.43. The molecular formula is C9H11NO2S. The summed E-state index contributed by atoms with van der Waals surface area (Å²) in [5, 5.41) is 0. The van der Waals surface area contributed by atoms with Crippen molar-refractivity contribution in [1.29, 1.82) is 0 Å². The molecule has 0 radical (unpaired) electrons. The van der Waals surface area contributed by atoms with Crippen LogP contribution in [0.2, 0.25) is 0 Å². The van der Waals surface area contributed by atoms with Crippen molar-refractivity contribution in [2.24, 2.45) is 16.8 Å². The largest absolute Gasteiger partial charge is 0.469 e. The third-order valence-electron chi connectivity index (χ3n) is 2.45. The second-order valence-electron chi connectivity index (χ2n) is 3.15. The molecule has 2 aliphatic heterocycles. The highest BCUT2D eigenvalue weighted by molar-refractivity contribution is 8.03. The fraction of sp³-hybridized carbons (Fsp3) is 0.556. The van der Waals surface area contributed by atoms with Gasteiger partial charge in [-0.1, -0.05) is 0 Å². The van der Waals surface area contributed by atoms with Gasteiger partial charge in [0.1, 0.15) is 0 Å². The number of ether oxygens (including phenoxy) is 1. The predicted octanol–water partition coefficient (Wildman–Crippen LogP) is 1.45. The van der Waals surface area contributed by atoms with Crippen LogP contribution in [0, 0.1) is 11.8 Å². The van der Waals surface area contributed by atoms with E-state index in [0.717, 1.165) is 12.2 Å². The number of fused-ring (bicyclic) bond motifs is 1. The van der Waals surface area contributed by atoms with Crippen molar-refractivity contribution >= 4 is 23.9 Å². The molecule has 2 heterocycles. The van der Waals surface area contributed by atoms with Crippen LogP contribution in [0.15, 0.2) is 16.1 Å². The summed E-state index contributed by atoms with van der Waals surface area (Å²) in [5.74, 6) is 1.12. The first-order chi connectivity index (χ1) is 6.33. The molecule has 2 aliphatic rings. The molecule has 70 valence electrons. The first kappa shape index (κ1) is 8.81. The van der Waals surface area contributed by atoms with Crippen molar-refractivity contribution in [2.45, 2.75) is 6.42 Å². The van der Waals surface area contributed by atoms with Gasteiger partial charge in [0, 0.05) is 29.0 Å². The van der Waals surface area contributed by atoms with E-state index in [4.69, 9.17) is 4.74 Å². The molecule has 2 unspecified atom stereocenters. The molecule has 0 spiro atoms. The van der Waals surface area contributed by atoms with Crippen LogP contribution < -0.4 is 0 Å². The van der Waals surface area contributed by atoms with E-state index < -0.39 is 0 Å². The van der Waals surface area contributed by atoms with Gasteiger partial charge in [-0.2, -0.15) is 0 Å². The van der Waals surface area contributed by atoms with E-state index in [0.29, 0.717) is 5.92 Å². The van der Waals surface area contributed by atoms with Crippen molar-refractivity contribution in [1.82, 2.24) is 0 Å². The monoisotopic (exact) mass is 197 g/mol. The second kappa shape index (κ2) is 3.54. The maximum absolute atomic E-state index is 11.4. The number of esters is 1. The molecule has 13 heavy (non-hydrogen) atoms. The smallest absolute Gasteiger partial charge is 0.310 e. The van der Waals surface area contributed by atoms with Gasteiger partial charge in [0.25, 0.3) is 0 Å². The molecule has 4 heteroatoms. The van der Waals surface area contributed by atoms with E-state index in [2.05, 4.69) is 4.99 Å². The molecule has 0 aromatic rings. The summed E-state index contributed by atoms with van der Waals surface area (Å²) in [6.45, 7) is 0. The Hall–Kier alpha value is -0.770. The normalized spacial score (nSPS) is 31.0. The molecule has 3 nitrogen and oxygen atoms in total. The van der Waals surface area contributed by atoms with Gasteiger partial charge < -0.3 is 4.74 Å². The summed E-state index contributed by atoms with van der Waals surface area (Å²) in [5.41, 5.74) is 0. The fourth-order valence-corrected chi connectivity index (χ4v) is 3.06. The van der Waals surface area contributed by atoms with Crippen LogP contribution in [0.4, 0.5) is 0 Å². The number of carbonyl (C=O) groups is 1. The zero-order valence-electron chi connectivity index (χ0n) is 7.40. The molecule has 0 aromatic heterocycles. The van der Waals surface area contributed by atoms with Crippen molar-refractivity contribution in [3.05, 3.63) is 11.1 Å². The summed E-state index contributed by atoms with van der Waals surface area (Å²) in [6, 6.07) is 0. The van der Waals surface area contributed by atoms with Gasteiger partial charge in [-0.25, -0.2) is 0 Å². The van der Waals surface area contributed by atoms with E-state index in [1.807, 2.05) is 12.4 Å². The highest BCUT2D eigenvalue weighted by atomic mass is 32.2. The lowest BCUT2D eigenvalue weighted by atomic mass is 9.90. The Morgan fingerprint density at radius 2 is 2.62 bits per heavy atom. The number of hydrogen-bond donors (Lipinski definition) is 0. The van der Waals surface area contributed by atoms with Crippen LogP contribution in [0.25, 0.3) is 0 Å². The van der Waals surface area contributed by atoms with E-state index in [-0.39, 0.29) is 11.9 Å². The quantitative estimate of drug-likeness (QED) is 0.597. The molecular weight excluding hydrogens is 186 g/mol. The third-order valence-corrected chi connectivity index (χ3v) is 3.72. The summed E-state index contributed by atoms with van der Waals surface area (Å²) in [6.07, 6.45) is 4.61. The lowest BCUT2D eigenvalue weighted by Crippen LogP contribution is -2.24. The van der Waals surface area contributed by atoms with Gasteiger partial charge in [0.05, 0.1) is 13.0 Å². The molecule has 1 fully saturated rings. The number of hydrogen-bond acceptors (Lipinski definition) is 4. The number of carbonyl (C=O) groups excluding carboxylic acids is 1. The number of methoxy groups -OCH3 is 1. The van der Waals surface area contributed by atoms with Crippen LogP contribution in [0.5, 0.6) is 0 Å². The second-order valence-corrected chi connectivity index (χ2v) is 4.24. The lowest BCUT2D eigenvalue weighted by molar-refractivity contribution is -0.145. The molecule has 1 saturated heterocycles. The van der Waals surface area contributed by atoms with Gasteiger partial charge >= 0.3 is 5.97 Å². The number of rotatable bonds is 1. The van der Waals surface area contributed by atoms with Crippen LogP contribution in [-0.2, 0) is 9.53 Å². The zero-order chi connectivity index (χ0) is 9.26. The maximum Gasteiger partial charge on any atom is 0.310 e. The molecule has 2 rings (SSSR count). The van der Waals surface area contributed by atoms with Crippen molar-refractivity contribution in [2.75, 3.05) is 12.9 Å². The zero-order valence-corrected chi connectivity index (χ0v) is 8.21. The van der Waals surface area contributed by atoms with Crippen LogP contribution in [0.3, 0.4) is 0 Å². The molecule has 0 saturated carbocycles. The molecule has 0 N–H and O–H groups in total. The number of aliphatic imine (C=N–C) groups is 1. The van der Waals surface area contributed by atoms with Gasteiger partial charge in [-0.15, -0.1) is 11.8 Å². The Morgan fingerprint density at radius 1 is 1.77 bits per heavy atom. The van der Waals surface area contributed by atoms with Crippen LogP contribution in [-0.4, -0.2) is 25.0 Å². The Bertz CT molecular complexity index is 285. The lowest BCUT2D eigenvalue weighted by Gasteiger charge is -2.16. The fourth-order valence-electron chi connectivity index (χ4n) is 1.71. The molecule has 2 atom stereocenters. The minimum Gasteiger partial charge on any atom is -0.469 e. The first-order valence-corrected chi connectivity index (χ1v) is 5.24. The van der Waals surface area contributed by atoms with E-state index in [1.54, 1.807) is 11.8 Å². The van der Waals surface area contributed by atoms with Crippen molar-refractivity contribution in [3.63, 3.8) is 0 Å². The molecule has 0 amide bonds. The Morgan fingerprint density at radius 3 is 3.38 bits per heavy atom. The summed E-state index contributed by atoms with van der Waals surface area (Å²) in [7, 11) is 1.45. The van der Waals surface area contributed by atoms with Crippen molar-refractivity contribution in [3.8, 4) is 0 Å². The topological polar surface area (TPSA) is 38.7 Å².